The summed E-state index contributed by atoms with van der Waals surface area (Å²) in [6.45, 7) is 0.0396. The van der Waals surface area contributed by atoms with Gasteiger partial charge in [0.15, 0.2) is 0 Å². The Hall–Kier alpha value is -2.10. The minimum Gasteiger partial charge on any atom is -0.435 e. The Balaban J connectivity index is 1.94. The van der Waals surface area contributed by atoms with Crippen LogP contribution < -0.4 is 10.1 Å². The zero-order chi connectivity index (χ0) is 14.4. The molecule has 1 atom stereocenters. The zero-order valence-electron chi connectivity index (χ0n) is 11.2. The molecule has 2 rings (SSSR count). The van der Waals surface area contributed by atoms with E-state index < -0.39 is 6.61 Å². The van der Waals surface area contributed by atoms with Crippen LogP contribution in [0.3, 0.4) is 0 Å². The molecule has 2 aromatic rings. The highest BCUT2D eigenvalue weighted by molar-refractivity contribution is 5.48. The summed E-state index contributed by atoms with van der Waals surface area (Å²) >= 11 is 0. The first kappa shape index (κ1) is 14.3. The van der Waals surface area contributed by atoms with Crippen LogP contribution in [0.5, 0.6) is 5.75 Å². The van der Waals surface area contributed by atoms with Gasteiger partial charge < -0.3 is 10.1 Å². The SMILES string of the molecule is CC(CNc1cccc(OC(F)F)c1)c1ccccc1. The third-order valence-corrected chi connectivity index (χ3v) is 3.04. The smallest absolute Gasteiger partial charge is 0.387 e. The molecule has 0 fully saturated rings. The average Bonchev–Trinajstić information content (AvgIpc) is 2.45. The minimum atomic E-state index is -2.80. The van der Waals surface area contributed by atoms with Crippen molar-refractivity contribution in [3.63, 3.8) is 0 Å². The van der Waals surface area contributed by atoms with E-state index >= 15 is 0 Å². The van der Waals surface area contributed by atoms with E-state index in [1.54, 1.807) is 12.1 Å². The first-order chi connectivity index (χ1) is 9.65. The van der Waals surface area contributed by atoms with Gasteiger partial charge in [0.25, 0.3) is 0 Å². The molecule has 20 heavy (non-hydrogen) atoms. The predicted molar refractivity (Wildman–Crippen MR) is 76.4 cm³/mol. The molecule has 1 unspecified atom stereocenters. The van der Waals surface area contributed by atoms with E-state index in [2.05, 4.69) is 29.1 Å². The van der Waals surface area contributed by atoms with Gasteiger partial charge in [0.1, 0.15) is 5.75 Å². The van der Waals surface area contributed by atoms with Crippen molar-refractivity contribution in [2.24, 2.45) is 0 Å². The summed E-state index contributed by atoms with van der Waals surface area (Å²) in [7, 11) is 0. The lowest BCUT2D eigenvalue weighted by Crippen LogP contribution is -2.10. The third kappa shape index (κ3) is 4.23. The summed E-state index contributed by atoms with van der Waals surface area (Å²) in [5, 5.41) is 3.23. The van der Waals surface area contributed by atoms with Crippen molar-refractivity contribution in [2.75, 3.05) is 11.9 Å². The van der Waals surface area contributed by atoms with E-state index in [-0.39, 0.29) is 5.75 Å². The number of nitrogens with one attached hydrogen (secondary N) is 1. The molecule has 2 nitrogen and oxygen atoms in total. The molecule has 0 radical (unpaired) electrons. The maximum atomic E-state index is 12.1. The number of ether oxygens (including phenoxy) is 1. The van der Waals surface area contributed by atoms with Gasteiger partial charge in [-0.25, -0.2) is 0 Å². The van der Waals surface area contributed by atoms with Crippen LogP contribution >= 0.6 is 0 Å². The molecule has 0 aliphatic carbocycles. The number of hydrogen-bond donors (Lipinski definition) is 1. The van der Waals surface area contributed by atoms with Gasteiger partial charge in [0.2, 0.25) is 0 Å². The number of halogens is 2. The lowest BCUT2D eigenvalue weighted by atomic mass is 10.0. The van der Waals surface area contributed by atoms with E-state index in [1.807, 2.05) is 24.3 Å². The van der Waals surface area contributed by atoms with E-state index in [9.17, 15) is 8.78 Å². The van der Waals surface area contributed by atoms with E-state index in [1.165, 1.54) is 11.6 Å². The molecule has 0 aromatic heterocycles. The minimum absolute atomic E-state index is 0.164. The molecule has 4 heteroatoms. The van der Waals surface area contributed by atoms with Gasteiger partial charge in [0, 0.05) is 18.3 Å². The van der Waals surface area contributed by atoms with Gasteiger partial charge in [-0.2, -0.15) is 8.78 Å². The van der Waals surface area contributed by atoms with Crippen molar-refractivity contribution in [2.45, 2.75) is 19.5 Å². The van der Waals surface area contributed by atoms with Crippen LogP contribution in [-0.4, -0.2) is 13.2 Å². The lowest BCUT2D eigenvalue weighted by Gasteiger charge is -2.14. The fraction of sp³-hybridized carbons (Fsp3) is 0.250. The standard InChI is InChI=1S/C16H17F2NO/c1-12(13-6-3-2-4-7-13)11-19-14-8-5-9-15(10-14)20-16(17)18/h2-10,12,16,19H,11H2,1H3. The summed E-state index contributed by atoms with van der Waals surface area (Å²) in [4.78, 5) is 0. The molecule has 2 aromatic carbocycles. The summed E-state index contributed by atoms with van der Waals surface area (Å²) in [6.07, 6.45) is 0. The van der Waals surface area contributed by atoms with E-state index in [0.29, 0.717) is 5.92 Å². The van der Waals surface area contributed by atoms with Crippen molar-refractivity contribution in [1.29, 1.82) is 0 Å². The molecule has 0 heterocycles. The first-order valence-electron chi connectivity index (χ1n) is 6.49. The molecule has 106 valence electrons. The van der Waals surface area contributed by atoms with Gasteiger partial charge in [-0.3, -0.25) is 0 Å². The van der Waals surface area contributed by atoms with Gasteiger partial charge in [-0.05, 0) is 23.6 Å². The topological polar surface area (TPSA) is 21.3 Å². The Morgan fingerprint density at radius 1 is 1.05 bits per heavy atom. The largest absolute Gasteiger partial charge is 0.435 e. The maximum absolute atomic E-state index is 12.1. The van der Waals surface area contributed by atoms with Crippen LogP contribution in [0.1, 0.15) is 18.4 Å². The Kier molecular flexibility index (Phi) is 4.93. The number of benzene rings is 2. The fourth-order valence-corrected chi connectivity index (χ4v) is 1.95. The van der Waals surface area contributed by atoms with Gasteiger partial charge in [-0.1, -0.05) is 43.3 Å². The highest BCUT2D eigenvalue weighted by Gasteiger charge is 2.06. The van der Waals surface area contributed by atoms with Crippen LogP contribution in [-0.2, 0) is 0 Å². The number of alkyl halides is 2. The number of hydrogen-bond acceptors (Lipinski definition) is 2. The molecule has 0 spiro atoms. The van der Waals surface area contributed by atoms with Crippen LogP contribution in [0.4, 0.5) is 14.5 Å². The van der Waals surface area contributed by atoms with E-state index in [0.717, 1.165) is 12.2 Å². The molecule has 0 amide bonds. The highest BCUT2D eigenvalue weighted by atomic mass is 19.3. The summed E-state index contributed by atoms with van der Waals surface area (Å²) in [5.41, 5.74) is 2.01. The number of anilines is 1. The molecule has 0 aliphatic rings. The Labute approximate surface area is 117 Å². The Morgan fingerprint density at radius 3 is 2.50 bits per heavy atom. The van der Waals surface area contributed by atoms with Crippen LogP contribution in [0, 0.1) is 0 Å². The van der Waals surface area contributed by atoms with Gasteiger partial charge >= 0.3 is 6.61 Å². The Bertz CT molecular complexity index is 531. The second-order valence-electron chi connectivity index (χ2n) is 4.60. The normalized spacial score (nSPS) is 12.2. The average molecular weight is 277 g/mol. The van der Waals surface area contributed by atoms with Crippen LogP contribution in [0.2, 0.25) is 0 Å². The van der Waals surface area contributed by atoms with Crippen molar-refractivity contribution >= 4 is 5.69 Å². The molecule has 0 bridgehead atoms. The molecule has 0 saturated heterocycles. The zero-order valence-corrected chi connectivity index (χ0v) is 11.2. The molecule has 1 N–H and O–H groups in total. The van der Waals surface area contributed by atoms with Crippen molar-refractivity contribution in [1.82, 2.24) is 0 Å². The molecular weight excluding hydrogens is 260 g/mol. The second-order valence-corrected chi connectivity index (χ2v) is 4.60. The quantitative estimate of drug-likeness (QED) is 0.839. The lowest BCUT2D eigenvalue weighted by molar-refractivity contribution is -0.0498. The summed E-state index contributed by atoms with van der Waals surface area (Å²) < 4.78 is 28.7. The molecular formula is C16H17F2NO. The maximum Gasteiger partial charge on any atom is 0.387 e. The van der Waals surface area contributed by atoms with Crippen LogP contribution in [0.15, 0.2) is 54.6 Å². The van der Waals surface area contributed by atoms with Crippen LogP contribution in [0.25, 0.3) is 0 Å². The molecule has 0 saturated carbocycles. The van der Waals surface area contributed by atoms with Gasteiger partial charge in [0.05, 0.1) is 0 Å². The van der Waals surface area contributed by atoms with Gasteiger partial charge in [-0.15, -0.1) is 0 Å². The summed E-state index contributed by atoms with van der Waals surface area (Å²) in [6, 6.07) is 16.7. The molecule has 0 aliphatic heterocycles. The third-order valence-electron chi connectivity index (χ3n) is 3.04. The Morgan fingerprint density at radius 2 is 1.80 bits per heavy atom. The van der Waals surface area contributed by atoms with Crippen molar-refractivity contribution in [3.8, 4) is 5.75 Å². The predicted octanol–water partition coefficient (Wildman–Crippen LogP) is 4.50. The van der Waals surface area contributed by atoms with Crippen molar-refractivity contribution in [3.05, 3.63) is 60.2 Å². The fourth-order valence-electron chi connectivity index (χ4n) is 1.95. The first-order valence-corrected chi connectivity index (χ1v) is 6.49. The highest BCUT2D eigenvalue weighted by Crippen LogP contribution is 2.21. The second kappa shape index (κ2) is 6.89. The van der Waals surface area contributed by atoms with Crippen molar-refractivity contribution < 1.29 is 13.5 Å². The number of rotatable bonds is 6. The van der Waals surface area contributed by atoms with E-state index in [4.69, 9.17) is 0 Å². The summed E-state index contributed by atoms with van der Waals surface area (Å²) in [5.74, 6) is 0.494. The monoisotopic (exact) mass is 277 g/mol.